The molecular weight excluding hydrogens is 408 g/mol. The van der Waals surface area contributed by atoms with Crippen LogP contribution in [0.15, 0.2) is 43.0 Å². The number of hydrogen-bond acceptors (Lipinski definition) is 6. The van der Waals surface area contributed by atoms with E-state index in [-0.39, 0.29) is 0 Å². The molecule has 31 heavy (non-hydrogen) atoms. The first-order chi connectivity index (χ1) is 15.1. The molecule has 0 aromatic carbocycles. The Morgan fingerprint density at radius 1 is 1.00 bits per heavy atom. The van der Waals surface area contributed by atoms with Gasteiger partial charge in [-0.1, -0.05) is 0 Å². The maximum atomic E-state index is 4.91. The van der Waals surface area contributed by atoms with Crippen LogP contribution in [0.1, 0.15) is 10.7 Å². The molecule has 2 N–H and O–H groups in total. The molecule has 152 valence electrons. The molecule has 6 aromatic heterocycles. The molecule has 0 bridgehead atoms. The van der Waals surface area contributed by atoms with E-state index in [2.05, 4.69) is 49.2 Å². The van der Waals surface area contributed by atoms with E-state index in [0.717, 1.165) is 55.3 Å². The molecule has 0 aliphatic carbocycles. The number of nitrogens with one attached hydrogen (secondary N) is 2. The number of aromatic nitrogens is 8. The van der Waals surface area contributed by atoms with Gasteiger partial charge in [-0.25, -0.2) is 9.97 Å². The minimum Gasteiger partial charge on any atom is -0.335 e. The molecule has 0 spiro atoms. The second kappa shape index (κ2) is 6.58. The second-order valence-corrected chi connectivity index (χ2v) is 8.80. The quantitative estimate of drug-likeness (QED) is 0.429. The summed E-state index contributed by atoms with van der Waals surface area (Å²) in [6, 6.07) is 6.25. The Kier molecular flexibility index (Phi) is 3.81. The minimum absolute atomic E-state index is 0.696. The summed E-state index contributed by atoms with van der Waals surface area (Å²) in [4.78, 5) is 24.1. The smallest absolute Gasteiger partial charge is 0.159 e. The van der Waals surface area contributed by atoms with Gasteiger partial charge in [0, 0.05) is 33.9 Å². The zero-order valence-corrected chi connectivity index (χ0v) is 17.9. The van der Waals surface area contributed by atoms with Crippen molar-refractivity contribution < 1.29 is 0 Å². The van der Waals surface area contributed by atoms with E-state index in [1.54, 1.807) is 23.7 Å². The Bertz CT molecular complexity index is 1580. The predicted molar refractivity (Wildman–Crippen MR) is 122 cm³/mol. The van der Waals surface area contributed by atoms with Crippen LogP contribution in [0.5, 0.6) is 0 Å². The fraction of sp³-hybridized carbons (Fsp3) is 0.136. The highest BCUT2D eigenvalue weighted by Gasteiger charge is 2.17. The molecule has 0 fully saturated rings. The molecule has 9 heteroatoms. The van der Waals surface area contributed by atoms with Crippen LogP contribution >= 0.6 is 11.3 Å². The van der Waals surface area contributed by atoms with Gasteiger partial charge in [-0.3, -0.25) is 15.1 Å². The van der Waals surface area contributed by atoms with Crippen LogP contribution in [0.4, 0.5) is 0 Å². The van der Waals surface area contributed by atoms with Crippen LogP contribution in [0.2, 0.25) is 0 Å². The Hall–Kier alpha value is -3.85. The number of fused-ring (bicyclic) bond motifs is 2. The number of imidazole rings is 2. The van der Waals surface area contributed by atoms with Crippen molar-refractivity contribution in [2.75, 3.05) is 0 Å². The monoisotopic (exact) mass is 426 g/mol. The summed E-state index contributed by atoms with van der Waals surface area (Å²) < 4.78 is 2.02. The summed E-state index contributed by atoms with van der Waals surface area (Å²) >= 11 is 1.74. The molecule has 0 aliphatic heterocycles. The fourth-order valence-electron chi connectivity index (χ4n) is 3.78. The maximum absolute atomic E-state index is 4.91. The van der Waals surface area contributed by atoms with Crippen LogP contribution in [-0.2, 0) is 7.05 Å². The van der Waals surface area contributed by atoms with Gasteiger partial charge in [0.25, 0.3) is 0 Å². The number of rotatable bonds is 3. The van der Waals surface area contributed by atoms with E-state index >= 15 is 0 Å². The fourth-order valence-corrected chi connectivity index (χ4v) is 4.66. The first-order valence-electron chi connectivity index (χ1n) is 9.82. The lowest BCUT2D eigenvalue weighted by atomic mass is 10.2. The molecule has 8 nitrogen and oxygen atoms in total. The van der Waals surface area contributed by atoms with E-state index in [4.69, 9.17) is 4.98 Å². The molecule has 0 amide bonds. The third kappa shape index (κ3) is 2.77. The topological polar surface area (TPSA) is 101 Å². The summed E-state index contributed by atoms with van der Waals surface area (Å²) in [5.74, 6) is 1.63. The Balaban J connectivity index is 1.52. The zero-order valence-electron chi connectivity index (χ0n) is 17.1. The third-order valence-corrected chi connectivity index (χ3v) is 6.59. The van der Waals surface area contributed by atoms with Crippen LogP contribution in [0.25, 0.3) is 55.3 Å². The molecule has 0 unspecified atom stereocenters. The van der Waals surface area contributed by atoms with Gasteiger partial charge in [-0.05, 0) is 32.0 Å². The average molecular weight is 427 g/mol. The molecule has 6 aromatic rings. The van der Waals surface area contributed by atoms with Gasteiger partial charge in [0.05, 0.1) is 41.0 Å². The van der Waals surface area contributed by atoms with E-state index in [9.17, 15) is 0 Å². The number of thiophene rings is 1. The lowest BCUT2D eigenvalue weighted by Crippen LogP contribution is -1.95. The number of H-pyrrole nitrogens is 2. The molecule has 6 heterocycles. The second-order valence-electron chi connectivity index (χ2n) is 7.52. The first-order valence-corrected chi connectivity index (χ1v) is 10.6. The summed E-state index contributed by atoms with van der Waals surface area (Å²) in [5, 5.41) is 8.55. The summed E-state index contributed by atoms with van der Waals surface area (Å²) in [6.45, 7) is 4.07. The van der Waals surface area contributed by atoms with Crippen molar-refractivity contribution in [1.29, 1.82) is 0 Å². The summed E-state index contributed by atoms with van der Waals surface area (Å²) in [5.41, 5.74) is 6.19. The van der Waals surface area contributed by atoms with E-state index in [0.29, 0.717) is 5.82 Å². The Labute approximate surface area is 181 Å². The number of aryl methyl sites for hydroxylation is 2. The van der Waals surface area contributed by atoms with Crippen molar-refractivity contribution in [3.63, 3.8) is 0 Å². The van der Waals surface area contributed by atoms with Gasteiger partial charge in [0.15, 0.2) is 5.82 Å². The predicted octanol–water partition coefficient (Wildman–Crippen LogP) is 4.64. The van der Waals surface area contributed by atoms with Crippen molar-refractivity contribution in [3.8, 4) is 33.3 Å². The SMILES string of the molecule is Cc1ccc(-c2cncc3[nH]c(-c4n[nH]c5cnc(-c6cnc(C)n6C)cc45)nc23)s1. The molecule has 6 rings (SSSR count). The minimum atomic E-state index is 0.696. The third-order valence-electron chi connectivity index (χ3n) is 5.55. The van der Waals surface area contributed by atoms with E-state index in [1.807, 2.05) is 37.0 Å². The van der Waals surface area contributed by atoms with Crippen LogP contribution in [0.3, 0.4) is 0 Å². The number of aromatic amines is 2. The summed E-state index contributed by atoms with van der Waals surface area (Å²) in [6.07, 6.45) is 7.31. The zero-order chi connectivity index (χ0) is 21.1. The van der Waals surface area contributed by atoms with Gasteiger partial charge < -0.3 is 9.55 Å². The average Bonchev–Trinajstić information content (AvgIpc) is 3.54. The van der Waals surface area contributed by atoms with E-state index < -0.39 is 0 Å². The molecule has 0 radical (unpaired) electrons. The molecule has 0 saturated heterocycles. The van der Waals surface area contributed by atoms with Gasteiger partial charge in [-0.2, -0.15) is 5.10 Å². The summed E-state index contributed by atoms with van der Waals surface area (Å²) in [7, 11) is 1.99. The normalized spacial score (nSPS) is 11.7. The standard InChI is InChI=1S/C22H18N8S/c1-11-4-5-19(31-11)14-7-23-8-17-20(14)27-22(26-17)21-13-6-15(25-9-16(13)28-29-21)18-10-24-12(2)30(18)3/h4-10H,1-3H3,(H,26,27)(H,28,29). The van der Waals surface area contributed by atoms with Crippen molar-refractivity contribution in [2.45, 2.75) is 13.8 Å². The Morgan fingerprint density at radius 2 is 1.90 bits per heavy atom. The van der Waals surface area contributed by atoms with Crippen LogP contribution in [-0.4, -0.2) is 39.7 Å². The van der Waals surface area contributed by atoms with Crippen molar-refractivity contribution in [1.82, 2.24) is 39.7 Å². The highest BCUT2D eigenvalue weighted by atomic mass is 32.1. The van der Waals surface area contributed by atoms with Crippen molar-refractivity contribution >= 4 is 33.3 Å². The molecule has 0 saturated carbocycles. The van der Waals surface area contributed by atoms with Gasteiger partial charge in [-0.15, -0.1) is 11.3 Å². The van der Waals surface area contributed by atoms with Crippen molar-refractivity contribution in [2.24, 2.45) is 7.05 Å². The number of hydrogen-bond donors (Lipinski definition) is 2. The first kappa shape index (κ1) is 18.0. The lowest BCUT2D eigenvalue weighted by molar-refractivity contribution is 0.862. The molecule has 0 aliphatic rings. The number of pyridine rings is 2. The largest absolute Gasteiger partial charge is 0.335 e. The lowest BCUT2D eigenvalue weighted by Gasteiger charge is -2.03. The Morgan fingerprint density at radius 3 is 2.68 bits per heavy atom. The number of nitrogens with zero attached hydrogens (tertiary/aromatic N) is 6. The van der Waals surface area contributed by atoms with E-state index in [1.165, 1.54) is 4.88 Å². The van der Waals surface area contributed by atoms with Gasteiger partial charge >= 0.3 is 0 Å². The van der Waals surface area contributed by atoms with Gasteiger partial charge in [0.2, 0.25) is 0 Å². The van der Waals surface area contributed by atoms with Crippen LogP contribution in [0, 0.1) is 13.8 Å². The van der Waals surface area contributed by atoms with Gasteiger partial charge in [0.1, 0.15) is 17.0 Å². The highest BCUT2D eigenvalue weighted by Crippen LogP contribution is 2.34. The van der Waals surface area contributed by atoms with Crippen LogP contribution < -0.4 is 0 Å². The molecule has 0 atom stereocenters. The van der Waals surface area contributed by atoms with Crippen molar-refractivity contribution in [3.05, 3.63) is 53.7 Å². The molecular formula is C22H18N8S. The maximum Gasteiger partial charge on any atom is 0.159 e. The highest BCUT2D eigenvalue weighted by molar-refractivity contribution is 7.15.